The maximum absolute atomic E-state index is 11.9. The van der Waals surface area contributed by atoms with Crippen LogP contribution in [0, 0.1) is 6.92 Å². The van der Waals surface area contributed by atoms with Crippen LogP contribution in [-0.2, 0) is 16.4 Å². The molecule has 0 fully saturated rings. The maximum Gasteiger partial charge on any atom is 0.250 e. The number of thiophene rings is 1. The van der Waals surface area contributed by atoms with Gasteiger partial charge in [-0.2, -0.15) is 0 Å². The third-order valence-corrected chi connectivity index (χ3v) is 5.89. The van der Waals surface area contributed by atoms with Crippen LogP contribution in [0.1, 0.15) is 9.88 Å². The van der Waals surface area contributed by atoms with Gasteiger partial charge in [0.1, 0.15) is 4.21 Å². The summed E-state index contributed by atoms with van der Waals surface area (Å²) in [5.41, 5.74) is 0. The van der Waals surface area contributed by atoms with Crippen LogP contribution in [0.4, 0.5) is 0 Å². The molecule has 0 radical (unpaired) electrons. The fourth-order valence-electron chi connectivity index (χ4n) is 1.30. The van der Waals surface area contributed by atoms with Crippen LogP contribution in [0.15, 0.2) is 27.9 Å². The average Bonchev–Trinajstić information content (AvgIpc) is 2.89. The topological polar surface area (TPSA) is 59.1 Å². The molecule has 0 unspecified atom stereocenters. The molecule has 2 rings (SSSR count). The van der Waals surface area contributed by atoms with Crippen molar-refractivity contribution in [3.8, 4) is 0 Å². The van der Waals surface area contributed by atoms with Gasteiger partial charge in [0.05, 0.1) is 5.01 Å². The largest absolute Gasteiger partial charge is 0.250 e. The van der Waals surface area contributed by atoms with Gasteiger partial charge in [-0.25, -0.2) is 18.1 Å². The van der Waals surface area contributed by atoms with E-state index in [4.69, 9.17) is 0 Å². The minimum atomic E-state index is -3.35. The zero-order chi connectivity index (χ0) is 12.3. The molecule has 0 aliphatic rings. The number of aryl methyl sites for hydroxylation is 1. The van der Waals surface area contributed by atoms with Crippen molar-refractivity contribution in [1.82, 2.24) is 9.71 Å². The molecule has 0 aliphatic carbocycles. The van der Waals surface area contributed by atoms with E-state index < -0.39 is 10.0 Å². The summed E-state index contributed by atoms with van der Waals surface area (Å²) in [5, 5.41) is 2.82. The molecule has 0 atom stereocenters. The van der Waals surface area contributed by atoms with Gasteiger partial charge < -0.3 is 0 Å². The Kier molecular flexibility index (Phi) is 3.93. The molecular weight excluding hydrogens is 276 g/mol. The quantitative estimate of drug-likeness (QED) is 0.916. The highest BCUT2D eigenvalue weighted by Crippen LogP contribution is 2.20. The van der Waals surface area contributed by atoms with Gasteiger partial charge in [-0.15, -0.1) is 22.7 Å². The van der Waals surface area contributed by atoms with Gasteiger partial charge in [-0.05, 0) is 19.1 Å². The van der Waals surface area contributed by atoms with Crippen molar-refractivity contribution < 1.29 is 8.42 Å². The van der Waals surface area contributed by atoms with Gasteiger partial charge in [-0.3, -0.25) is 0 Å². The molecule has 0 bridgehead atoms. The number of nitrogens with one attached hydrogen (secondary N) is 1. The summed E-state index contributed by atoms with van der Waals surface area (Å²) >= 11 is 2.81. The number of thiazole rings is 1. The minimum absolute atomic E-state index is 0.370. The molecule has 2 aromatic rings. The van der Waals surface area contributed by atoms with E-state index >= 15 is 0 Å². The lowest BCUT2D eigenvalue weighted by Gasteiger charge is -2.02. The van der Waals surface area contributed by atoms with Gasteiger partial charge in [-0.1, -0.05) is 0 Å². The van der Waals surface area contributed by atoms with E-state index in [9.17, 15) is 8.42 Å². The smallest absolute Gasteiger partial charge is 0.250 e. The number of hydrogen-bond acceptors (Lipinski definition) is 5. The van der Waals surface area contributed by atoms with E-state index in [-0.39, 0.29) is 0 Å². The van der Waals surface area contributed by atoms with Crippen LogP contribution >= 0.6 is 22.7 Å². The molecule has 0 aliphatic heterocycles. The van der Waals surface area contributed by atoms with Crippen LogP contribution < -0.4 is 4.72 Å². The molecule has 2 aromatic heterocycles. The summed E-state index contributed by atoms with van der Waals surface area (Å²) in [6.45, 7) is 2.27. The summed E-state index contributed by atoms with van der Waals surface area (Å²) in [7, 11) is -3.35. The van der Waals surface area contributed by atoms with Gasteiger partial charge in [0.2, 0.25) is 10.0 Å². The molecule has 4 nitrogen and oxygen atoms in total. The first kappa shape index (κ1) is 12.7. The monoisotopic (exact) mass is 288 g/mol. The Morgan fingerprint density at radius 3 is 2.82 bits per heavy atom. The van der Waals surface area contributed by atoms with E-state index in [1.165, 1.54) is 22.7 Å². The molecule has 0 amide bonds. The first-order valence-electron chi connectivity index (χ1n) is 5.02. The van der Waals surface area contributed by atoms with Crippen molar-refractivity contribution in [1.29, 1.82) is 0 Å². The van der Waals surface area contributed by atoms with E-state index in [1.54, 1.807) is 18.3 Å². The molecule has 0 spiro atoms. The highest BCUT2D eigenvalue weighted by Gasteiger charge is 2.15. The van der Waals surface area contributed by atoms with Gasteiger partial charge in [0.15, 0.2) is 0 Å². The Balaban J connectivity index is 1.94. The predicted octanol–water partition coefficient (Wildman–Crippen LogP) is 2.03. The molecular formula is C10H12N2O2S3. The summed E-state index contributed by atoms with van der Waals surface area (Å²) < 4.78 is 26.7. The van der Waals surface area contributed by atoms with Crippen LogP contribution in [0.3, 0.4) is 0 Å². The fraction of sp³-hybridized carbons (Fsp3) is 0.300. The summed E-state index contributed by atoms with van der Waals surface area (Å²) in [4.78, 5) is 5.09. The zero-order valence-corrected chi connectivity index (χ0v) is 11.7. The van der Waals surface area contributed by atoms with Crippen LogP contribution in [0.2, 0.25) is 0 Å². The van der Waals surface area contributed by atoms with Crippen molar-refractivity contribution >= 4 is 32.7 Å². The number of sulfonamides is 1. The molecule has 0 saturated heterocycles. The van der Waals surface area contributed by atoms with Crippen LogP contribution in [0.5, 0.6) is 0 Å². The van der Waals surface area contributed by atoms with Gasteiger partial charge in [0.25, 0.3) is 0 Å². The van der Waals surface area contributed by atoms with Crippen molar-refractivity contribution in [3.05, 3.63) is 33.6 Å². The summed E-state index contributed by atoms with van der Waals surface area (Å²) in [5.74, 6) is 0. The second-order valence-corrected chi connectivity index (χ2v) is 7.70. The number of hydrogen-bond donors (Lipinski definition) is 1. The minimum Gasteiger partial charge on any atom is -0.250 e. The van der Waals surface area contributed by atoms with Crippen molar-refractivity contribution in [2.45, 2.75) is 17.6 Å². The molecule has 1 N–H and O–H groups in total. The van der Waals surface area contributed by atoms with E-state index in [0.717, 1.165) is 9.88 Å². The maximum atomic E-state index is 11.9. The second-order valence-electron chi connectivity index (χ2n) is 3.44. The third kappa shape index (κ3) is 3.35. The van der Waals surface area contributed by atoms with Crippen molar-refractivity contribution in [2.24, 2.45) is 0 Å². The van der Waals surface area contributed by atoms with Gasteiger partial charge in [0, 0.05) is 29.4 Å². The van der Waals surface area contributed by atoms with E-state index in [0.29, 0.717) is 17.2 Å². The van der Waals surface area contributed by atoms with Crippen molar-refractivity contribution in [2.75, 3.05) is 6.54 Å². The number of aromatic nitrogens is 1. The molecule has 92 valence electrons. The lowest BCUT2D eigenvalue weighted by atomic mass is 10.5. The summed E-state index contributed by atoms with van der Waals surface area (Å²) in [6, 6.07) is 3.44. The highest BCUT2D eigenvalue weighted by molar-refractivity contribution is 7.91. The van der Waals surface area contributed by atoms with E-state index in [2.05, 4.69) is 9.71 Å². The average molecular weight is 288 g/mol. The van der Waals surface area contributed by atoms with Crippen molar-refractivity contribution in [3.63, 3.8) is 0 Å². The second kappa shape index (κ2) is 5.26. The lowest BCUT2D eigenvalue weighted by Crippen LogP contribution is -2.25. The SMILES string of the molecule is Cc1ccc(S(=O)(=O)NCCc2nccs2)s1. The Hall–Kier alpha value is -0.760. The Labute approximate surface area is 108 Å². The Bertz CT molecular complexity index is 572. The number of rotatable bonds is 5. The number of nitrogens with zero attached hydrogens (tertiary/aromatic N) is 1. The van der Waals surface area contributed by atoms with Crippen LogP contribution in [-0.4, -0.2) is 19.9 Å². The zero-order valence-electron chi connectivity index (χ0n) is 9.21. The standard InChI is InChI=1S/C10H12N2O2S3/c1-8-2-3-10(16-8)17(13,14)12-5-4-9-11-6-7-15-9/h2-3,6-7,12H,4-5H2,1H3. The Morgan fingerprint density at radius 2 is 2.24 bits per heavy atom. The molecule has 0 saturated carbocycles. The molecule has 17 heavy (non-hydrogen) atoms. The lowest BCUT2D eigenvalue weighted by molar-refractivity contribution is 0.583. The molecule has 2 heterocycles. The Morgan fingerprint density at radius 1 is 1.41 bits per heavy atom. The third-order valence-electron chi connectivity index (χ3n) is 2.09. The molecule has 0 aromatic carbocycles. The summed E-state index contributed by atoms with van der Waals surface area (Å²) in [6.07, 6.45) is 2.35. The first-order chi connectivity index (χ1) is 8.08. The highest BCUT2D eigenvalue weighted by atomic mass is 32.2. The normalized spacial score (nSPS) is 11.8. The van der Waals surface area contributed by atoms with Gasteiger partial charge >= 0.3 is 0 Å². The first-order valence-corrected chi connectivity index (χ1v) is 8.20. The predicted molar refractivity (Wildman–Crippen MR) is 70.1 cm³/mol. The fourth-order valence-corrected chi connectivity index (χ4v) is 4.28. The van der Waals surface area contributed by atoms with E-state index in [1.807, 2.05) is 12.3 Å². The van der Waals surface area contributed by atoms with Crippen LogP contribution in [0.25, 0.3) is 0 Å². The molecule has 7 heteroatoms.